The van der Waals surface area contributed by atoms with Gasteiger partial charge < -0.3 is 19.1 Å². The van der Waals surface area contributed by atoms with Gasteiger partial charge in [0.15, 0.2) is 11.5 Å². The number of aromatic carboxylic acids is 1. The monoisotopic (exact) mass is 284 g/mol. The molecule has 1 aromatic heterocycles. The van der Waals surface area contributed by atoms with Gasteiger partial charge in [-0.15, -0.1) is 0 Å². The quantitative estimate of drug-likeness (QED) is 0.676. The van der Waals surface area contributed by atoms with E-state index in [-0.39, 0.29) is 41.9 Å². The van der Waals surface area contributed by atoms with E-state index in [2.05, 4.69) is 0 Å². The Kier molecular flexibility index (Phi) is 4.08. The summed E-state index contributed by atoms with van der Waals surface area (Å²) in [5, 5.41) is 9.39. The van der Waals surface area contributed by atoms with Crippen LogP contribution in [-0.4, -0.2) is 22.4 Å². The fraction of sp³-hybridized carbons (Fsp3) is 0.231. The Hall–Kier alpha value is -1.50. The van der Waals surface area contributed by atoms with Gasteiger partial charge in [0.2, 0.25) is 12.2 Å². The van der Waals surface area contributed by atoms with Crippen molar-refractivity contribution in [3.05, 3.63) is 34.1 Å². The topological polar surface area (TPSA) is 77.8 Å². The first kappa shape index (κ1) is 14.9. The molecule has 2 heterocycles. The standard InChI is InChI=1S/C13H11NO5.Na/c1-2-14-5-8(13(16)17)12(15)7-3-10-11(4-9(7)14)19-6-18-10;/h3-5H,2,6H2,1H3,(H,16,17);/q;+1. The minimum Gasteiger partial charge on any atom is -0.477 e. The molecule has 0 amide bonds. The minimum atomic E-state index is -1.23. The van der Waals surface area contributed by atoms with Gasteiger partial charge in [0, 0.05) is 18.8 Å². The number of carboxylic acids is 1. The Balaban J connectivity index is 0.00000147. The van der Waals surface area contributed by atoms with Gasteiger partial charge in [-0.05, 0) is 13.0 Å². The van der Waals surface area contributed by atoms with Crippen LogP contribution >= 0.6 is 0 Å². The molecule has 0 spiro atoms. The summed E-state index contributed by atoms with van der Waals surface area (Å²) in [6.07, 6.45) is 1.36. The molecule has 0 aliphatic carbocycles. The van der Waals surface area contributed by atoms with Crippen molar-refractivity contribution < 1.29 is 48.9 Å². The van der Waals surface area contributed by atoms with Crippen molar-refractivity contribution in [2.45, 2.75) is 13.5 Å². The molecule has 1 N–H and O–H groups in total. The maximum absolute atomic E-state index is 12.1. The number of hydrogen-bond acceptors (Lipinski definition) is 4. The van der Waals surface area contributed by atoms with Gasteiger partial charge in [-0.3, -0.25) is 4.79 Å². The van der Waals surface area contributed by atoms with Crippen molar-refractivity contribution in [1.82, 2.24) is 4.57 Å². The molecule has 0 saturated carbocycles. The second-order valence-corrected chi connectivity index (χ2v) is 4.19. The average Bonchev–Trinajstić information content (AvgIpc) is 2.84. The first-order valence-electron chi connectivity index (χ1n) is 5.82. The van der Waals surface area contributed by atoms with Crippen LogP contribution in [0, 0.1) is 0 Å². The van der Waals surface area contributed by atoms with E-state index < -0.39 is 11.4 Å². The number of hydrogen-bond donors (Lipinski definition) is 1. The Labute approximate surface area is 136 Å². The zero-order valence-corrected chi connectivity index (χ0v) is 13.2. The SMILES string of the molecule is CCn1cc(C(=O)O)c(=O)c2cc3c(cc21)OCO3.[Na+]. The molecule has 7 heteroatoms. The second kappa shape index (κ2) is 5.47. The van der Waals surface area contributed by atoms with Gasteiger partial charge in [0.25, 0.3) is 0 Å². The van der Waals surface area contributed by atoms with Gasteiger partial charge in [-0.2, -0.15) is 0 Å². The smallest absolute Gasteiger partial charge is 0.477 e. The van der Waals surface area contributed by atoms with Crippen LogP contribution in [0.5, 0.6) is 11.5 Å². The summed E-state index contributed by atoms with van der Waals surface area (Å²) in [6.45, 7) is 2.54. The number of aromatic nitrogens is 1. The molecule has 3 rings (SSSR count). The molecular weight excluding hydrogens is 273 g/mol. The molecular formula is C13H11NNaO5+. The Morgan fingerprint density at radius 1 is 1.35 bits per heavy atom. The summed E-state index contributed by atoms with van der Waals surface area (Å²) in [5.41, 5.74) is -0.111. The molecule has 0 fully saturated rings. The molecule has 6 nitrogen and oxygen atoms in total. The van der Waals surface area contributed by atoms with E-state index in [9.17, 15) is 9.59 Å². The summed E-state index contributed by atoms with van der Waals surface area (Å²) >= 11 is 0. The summed E-state index contributed by atoms with van der Waals surface area (Å²) in [6, 6.07) is 3.24. The number of ether oxygens (including phenoxy) is 2. The van der Waals surface area contributed by atoms with Gasteiger partial charge in [0.05, 0.1) is 10.9 Å². The summed E-state index contributed by atoms with van der Waals surface area (Å²) in [5.74, 6) is -0.196. The molecule has 0 atom stereocenters. The zero-order chi connectivity index (χ0) is 13.6. The molecule has 0 radical (unpaired) electrons. The second-order valence-electron chi connectivity index (χ2n) is 4.19. The van der Waals surface area contributed by atoms with Crippen molar-refractivity contribution in [2.75, 3.05) is 6.79 Å². The predicted octanol–water partition coefficient (Wildman–Crippen LogP) is -1.55. The molecule has 1 aliphatic heterocycles. The molecule has 0 bridgehead atoms. The first-order valence-corrected chi connectivity index (χ1v) is 5.82. The summed E-state index contributed by atoms with van der Waals surface area (Å²) in [4.78, 5) is 23.2. The molecule has 0 unspecified atom stereocenters. The van der Waals surface area contributed by atoms with Crippen LogP contribution < -0.4 is 44.5 Å². The third kappa shape index (κ3) is 2.19. The number of carbonyl (C=O) groups is 1. The van der Waals surface area contributed by atoms with E-state index >= 15 is 0 Å². The zero-order valence-electron chi connectivity index (χ0n) is 11.2. The van der Waals surface area contributed by atoms with Gasteiger partial charge in [-0.1, -0.05) is 0 Å². The van der Waals surface area contributed by atoms with E-state index in [1.807, 2.05) is 6.92 Å². The van der Waals surface area contributed by atoms with Crippen molar-refractivity contribution in [3.8, 4) is 11.5 Å². The number of fused-ring (bicyclic) bond motifs is 2. The molecule has 1 aromatic carbocycles. The van der Waals surface area contributed by atoms with Gasteiger partial charge in [0.1, 0.15) is 5.56 Å². The number of pyridine rings is 1. The normalized spacial score (nSPS) is 12.2. The van der Waals surface area contributed by atoms with Crippen LogP contribution in [0.2, 0.25) is 0 Å². The fourth-order valence-electron chi connectivity index (χ4n) is 2.19. The van der Waals surface area contributed by atoms with E-state index in [0.29, 0.717) is 28.9 Å². The van der Waals surface area contributed by atoms with Gasteiger partial charge in [-0.25, -0.2) is 4.79 Å². The van der Waals surface area contributed by atoms with Crippen molar-refractivity contribution in [2.24, 2.45) is 0 Å². The maximum atomic E-state index is 12.1. The Bertz CT molecular complexity index is 752. The molecule has 20 heavy (non-hydrogen) atoms. The number of rotatable bonds is 2. The largest absolute Gasteiger partial charge is 1.00 e. The third-order valence-corrected chi connectivity index (χ3v) is 3.15. The van der Waals surface area contributed by atoms with Crippen LogP contribution in [0.25, 0.3) is 10.9 Å². The first-order chi connectivity index (χ1) is 9.11. The number of carboxylic acid groups (broad SMARTS) is 1. The number of benzene rings is 1. The predicted molar refractivity (Wildman–Crippen MR) is 67.0 cm³/mol. The summed E-state index contributed by atoms with van der Waals surface area (Å²) < 4.78 is 12.2. The fourth-order valence-corrected chi connectivity index (χ4v) is 2.19. The van der Waals surface area contributed by atoms with E-state index in [4.69, 9.17) is 14.6 Å². The third-order valence-electron chi connectivity index (χ3n) is 3.15. The van der Waals surface area contributed by atoms with Crippen LogP contribution in [0.4, 0.5) is 0 Å². The van der Waals surface area contributed by atoms with Crippen LogP contribution in [-0.2, 0) is 6.54 Å². The molecule has 98 valence electrons. The Morgan fingerprint density at radius 3 is 2.60 bits per heavy atom. The number of nitrogens with zero attached hydrogens (tertiary/aromatic N) is 1. The molecule has 2 aromatic rings. The van der Waals surface area contributed by atoms with Crippen LogP contribution in [0.15, 0.2) is 23.1 Å². The molecule has 0 saturated heterocycles. The van der Waals surface area contributed by atoms with Crippen molar-refractivity contribution in [3.63, 3.8) is 0 Å². The number of aryl methyl sites for hydroxylation is 1. The van der Waals surface area contributed by atoms with Crippen molar-refractivity contribution in [1.29, 1.82) is 0 Å². The van der Waals surface area contributed by atoms with Crippen LogP contribution in [0.3, 0.4) is 0 Å². The van der Waals surface area contributed by atoms with Gasteiger partial charge >= 0.3 is 35.5 Å². The molecule has 1 aliphatic rings. The van der Waals surface area contributed by atoms with Crippen LogP contribution in [0.1, 0.15) is 17.3 Å². The van der Waals surface area contributed by atoms with E-state index in [1.165, 1.54) is 6.20 Å². The van der Waals surface area contributed by atoms with E-state index in [1.54, 1.807) is 16.7 Å². The Morgan fingerprint density at radius 2 is 2.00 bits per heavy atom. The summed E-state index contributed by atoms with van der Waals surface area (Å²) in [7, 11) is 0. The maximum Gasteiger partial charge on any atom is 1.00 e. The average molecular weight is 284 g/mol. The minimum absolute atomic E-state index is 0. The van der Waals surface area contributed by atoms with Crippen molar-refractivity contribution >= 4 is 16.9 Å². The van der Waals surface area contributed by atoms with E-state index in [0.717, 1.165) is 0 Å².